The van der Waals surface area contributed by atoms with E-state index >= 15 is 0 Å². The zero-order chi connectivity index (χ0) is 37.4. The maximum atomic E-state index is 14.4. The zero-order valence-electron chi connectivity index (χ0n) is 31.4. The number of hydrogen-bond donors (Lipinski definition) is 0. The van der Waals surface area contributed by atoms with Gasteiger partial charge in [-0.25, -0.2) is 0 Å². The van der Waals surface area contributed by atoms with E-state index in [2.05, 4.69) is 98.7 Å². The van der Waals surface area contributed by atoms with E-state index in [1.807, 2.05) is 0 Å². The van der Waals surface area contributed by atoms with E-state index < -0.39 is 44.7 Å². The molecule has 0 saturated carbocycles. The summed E-state index contributed by atoms with van der Waals surface area (Å²) in [5.74, 6) is -0.0223. The molecule has 0 aliphatic heterocycles. The van der Waals surface area contributed by atoms with E-state index in [1.54, 1.807) is 12.1 Å². The van der Waals surface area contributed by atoms with E-state index in [1.165, 1.54) is 26.5 Å². The minimum atomic E-state index is -4.62. The Balaban J connectivity index is 0.00000314. The molecular weight excluding hydrogens is 805 g/mol. The fourth-order valence-electron chi connectivity index (χ4n) is 7.76. The van der Waals surface area contributed by atoms with Crippen molar-refractivity contribution in [2.24, 2.45) is 5.92 Å². The molecule has 4 aromatic rings. The van der Waals surface area contributed by atoms with Crippen molar-refractivity contribution < 1.29 is 72.4 Å². The average molecular weight is 849 g/mol. The van der Waals surface area contributed by atoms with Gasteiger partial charge in [0.25, 0.3) is 0 Å². The molecule has 0 N–H and O–H groups in total. The summed E-state index contributed by atoms with van der Waals surface area (Å²) < 4.78 is 89.1. The molecule has 0 aromatic heterocycles. The third-order valence-corrected chi connectivity index (χ3v) is 19.1. The first-order chi connectivity index (χ1) is 23.6. The second kappa shape index (κ2) is 15.1. The fraction of sp³-hybridized carbons (Fsp3) is 0.341. The Labute approximate surface area is 329 Å². The molecule has 0 bridgehead atoms. The van der Waals surface area contributed by atoms with Crippen molar-refractivity contribution in [1.29, 1.82) is 0 Å². The van der Waals surface area contributed by atoms with Crippen LogP contribution in [0, 0.1) is 5.92 Å². The van der Waals surface area contributed by atoms with Crippen molar-refractivity contribution in [3.8, 4) is 11.1 Å². The number of fused-ring (bicyclic) bond motifs is 3. The first-order valence-electron chi connectivity index (χ1n) is 17.4. The zero-order valence-corrected chi connectivity index (χ0v) is 35.4. The summed E-state index contributed by atoms with van der Waals surface area (Å²) in [5, 5.41) is 0. The molecule has 2 aliphatic carbocycles. The number of rotatable bonds is 4. The normalized spacial score (nSPS) is 15.5. The van der Waals surface area contributed by atoms with E-state index in [9.17, 15) is 26.3 Å². The van der Waals surface area contributed by atoms with Crippen LogP contribution in [0.25, 0.3) is 11.1 Å². The van der Waals surface area contributed by atoms with Crippen LogP contribution in [0.1, 0.15) is 107 Å². The number of alkyl halides is 6. The third-order valence-electron chi connectivity index (χ3n) is 10.4. The van der Waals surface area contributed by atoms with E-state index in [-0.39, 0.29) is 41.6 Å². The van der Waals surface area contributed by atoms with Gasteiger partial charge < -0.3 is 24.8 Å². The molecule has 53 heavy (non-hydrogen) atoms. The third kappa shape index (κ3) is 8.29. The fourth-order valence-corrected chi connectivity index (χ4v) is 17.7. The minimum Gasteiger partial charge on any atom is -1.00 e. The van der Waals surface area contributed by atoms with E-state index in [4.69, 9.17) is 0 Å². The van der Waals surface area contributed by atoms with Crippen LogP contribution in [0.5, 0.6) is 0 Å². The summed E-state index contributed by atoms with van der Waals surface area (Å²) in [6.45, 7) is 19.2. The number of hydrogen-bond acceptors (Lipinski definition) is 0. The van der Waals surface area contributed by atoms with Crippen LogP contribution < -0.4 is 28.1 Å². The molecule has 280 valence electrons. The van der Waals surface area contributed by atoms with Crippen molar-refractivity contribution in [2.75, 3.05) is 0 Å². The van der Waals surface area contributed by atoms with Gasteiger partial charge in [0.05, 0.1) is 0 Å². The second-order valence-corrected chi connectivity index (χ2v) is 21.8. The summed E-state index contributed by atoms with van der Waals surface area (Å²) >= 11 is -3.79. The SMILES string of the molecule is CC1=CC(C)[C]([Zr+2](=[C](c2cccc(C(F)(F)F)c2)c2cccc(C(F)(F)F)c2)[c]2c(C(C)(C)C)ccc3c2Cc2cc(C(C)(C)C)ccc2-3)=C1C.[Cl-].[Cl-]. The molecule has 1 atom stereocenters. The molecule has 0 nitrogen and oxygen atoms in total. The second-order valence-electron chi connectivity index (χ2n) is 16.1. The average Bonchev–Trinajstić information content (AvgIpc) is 3.52. The van der Waals surface area contributed by atoms with Crippen molar-refractivity contribution >= 4 is 6.48 Å². The summed E-state index contributed by atoms with van der Waals surface area (Å²) in [7, 11) is 0. The Morgan fingerprint density at radius 2 is 1.17 bits per heavy atom. The van der Waals surface area contributed by atoms with Gasteiger partial charge >= 0.3 is 307 Å². The monoisotopic (exact) mass is 846 g/mol. The molecule has 0 radical (unpaired) electrons. The van der Waals surface area contributed by atoms with Gasteiger partial charge in [-0.2, -0.15) is 0 Å². The van der Waals surface area contributed by atoms with Crippen LogP contribution in [0.3, 0.4) is 0 Å². The standard InChI is InChI=1S/C21H25.C15H8F6.C8H11.2ClH.Zr/c1-20(2,3)16-7-9-18-14(12-16)11-15-13-17(21(4,5)6)8-10-19(15)18;16-14(17,18)12-5-1-3-10(8-12)7-11-4-2-6-13(9-11)15(19,20)21;1-6-4-7(2)8(3)5-6;;;/h7-10,12H,11H2,1-6H3;1-6,8-9H;4,6H,1-3H3;2*1H;/q;;;;;+2/p-2. The molecule has 9 heteroatoms. The smallest absolute Gasteiger partial charge is 1.00 e. The van der Waals surface area contributed by atoms with Gasteiger partial charge in [0, 0.05) is 0 Å². The molecule has 0 saturated heterocycles. The van der Waals surface area contributed by atoms with Gasteiger partial charge in [-0.15, -0.1) is 0 Å². The first kappa shape index (κ1) is 43.0. The van der Waals surface area contributed by atoms with Gasteiger partial charge in [-0.1, -0.05) is 0 Å². The Morgan fingerprint density at radius 1 is 0.642 bits per heavy atom. The Bertz CT molecular complexity index is 2090. The molecule has 6 rings (SSSR count). The Kier molecular flexibility index (Phi) is 12.2. The van der Waals surface area contributed by atoms with Crippen molar-refractivity contribution in [3.63, 3.8) is 0 Å². The van der Waals surface area contributed by atoms with E-state index in [0.29, 0.717) is 20.8 Å². The van der Waals surface area contributed by atoms with Crippen LogP contribution in [0.15, 0.2) is 99.4 Å². The van der Waals surface area contributed by atoms with E-state index in [0.717, 1.165) is 60.9 Å². The summed E-state index contributed by atoms with van der Waals surface area (Å²) in [4.78, 5) is 0. The molecule has 0 fully saturated rings. The molecule has 1 unspecified atom stereocenters. The first-order valence-corrected chi connectivity index (χ1v) is 21.1. The summed E-state index contributed by atoms with van der Waals surface area (Å²) in [6.07, 6.45) is -6.39. The number of benzene rings is 4. The molecule has 4 aromatic carbocycles. The maximum absolute atomic E-state index is 14.4. The van der Waals surface area contributed by atoms with Crippen LogP contribution in [0.4, 0.5) is 26.3 Å². The maximum Gasteiger partial charge on any atom is -1.00 e. The summed E-state index contributed by atoms with van der Waals surface area (Å²) in [6, 6.07) is 21.5. The molecular formula is C44H44Cl2F6Zr. The topological polar surface area (TPSA) is 0 Å². The predicted octanol–water partition coefficient (Wildman–Crippen LogP) is 6.28. The Hall–Kier alpha value is -2.73. The van der Waals surface area contributed by atoms with Crippen molar-refractivity contribution in [1.82, 2.24) is 0 Å². The van der Waals surface area contributed by atoms with Gasteiger partial charge in [0.1, 0.15) is 0 Å². The van der Waals surface area contributed by atoms with Gasteiger partial charge in [0.15, 0.2) is 0 Å². The quantitative estimate of drug-likeness (QED) is 0.187. The molecule has 0 amide bonds. The largest absolute Gasteiger partial charge is 1.00 e. The molecule has 0 spiro atoms. The van der Waals surface area contributed by atoms with Crippen molar-refractivity contribution in [3.05, 3.63) is 144 Å². The molecule has 2 aliphatic rings. The number of allylic oxidation sites excluding steroid dienone is 4. The van der Waals surface area contributed by atoms with Gasteiger partial charge in [0.2, 0.25) is 0 Å². The van der Waals surface area contributed by atoms with Gasteiger partial charge in [-0.3, -0.25) is 0 Å². The summed E-state index contributed by atoms with van der Waals surface area (Å²) in [5.41, 5.74) is 7.73. The van der Waals surface area contributed by atoms with Crippen LogP contribution >= 0.6 is 0 Å². The Morgan fingerprint density at radius 3 is 1.62 bits per heavy atom. The minimum absolute atomic E-state index is 0. The van der Waals surface area contributed by atoms with Crippen molar-refractivity contribution in [2.45, 2.75) is 91.9 Å². The van der Waals surface area contributed by atoms with Crippen LogP contribution in [-0.4, -0.2) is 3.21 Å². The van der Waals surface area contributed by atoms with Crippen LogP contribution in [0.2, 0.25) is 0 Å². The predicted molar refractivity (Wildman–Crippen MR) is 193 cm³/mol. The molecule has 0 heterocycles. The van der Waals surface area contributed by atoms with Crippen LogP contribution in [-0.2, 0) is 50.9 Å². The van der Waals surface area contributed by atoms with Gasteiger partial charge in [-0.05, 0) is 0 Å². The number of halogens is 8.